The highest BCUT2D eigenvalue weighted by atomic mass is 16.5. The van der Waals surface area contributed by atoms with Crippen LogP contribution in [0.2, 0.25) is 0 Å². The molecule has 0 spiro atoms. The third-order valence-corrected chi connectivity index (χ3v) is 1.20. The molecule has 0 aromatic carbocycles. The minimum absolute atomic E-state index is 0.137. The molecule has 0 aliphatic carbocycles. The molecule has 0 saturated heterocycles. The zero-order chi connectivity index (χ0) is 8.36. The van der Waals surface area contributed by atoms with Crippen LogP contribution < -0.4 is 0 Å². The fraction of sp³-hybridized carbons (Fsp3) is 0.857. The molecule has 0 bridgehead atoms. The number of hydrogen-bond acceptors (Lipinski definition) is 3. The molecule has 0 radical (unpaired) electrons. The van der Waals surface area contributed by atoms with Gasteiger partial charge in [0.1, 0.15) is 5.78 Å². The van der Waals surface area contributed by atoms with Crippen LogP contribution in [-0.4, -0.2) is 22.3 Å². The Bertz CT molecular complexity index is 121. The Kier molecular flexibility index (Phi) is 2.99. The summed E-state index contributed by atoms with van der Waals surface area (Å²) in [6.45, 7) is 5.24. The third-order valence-electron chi connectivity index (χ3n) is 1.20. The second-order valence-electron chi connectivity index (χ2n) is 3.36. The van der Waals surface area contributed by atoms with E-state index in [-0.39, 0.29) is 12.2 Å². The van der Waals surface area contributed by atoms with Crippen molar-refractivity contribution in [2.75, 3.05) is 0 Å². The van der Waals surface area contributed by atoms with E-state index < -0.39 is 11.7 Å². The van der Waals surface area contributed by atoms with Gasteiger partial charge in [0.25, 0.3) is 0 Å². The van der Waals surface area contributed by atoms with Gasteiger partial charge in [0.05, 0.1) is 6.42 Å². The van der Waals surface area contributed by atoms with E-state index in [0.29, 0.717) is 0 Å². The van der Waals surface area contributed by atoms with Crippen molar-refractivity contribution in [1.82, 2.24) is 0 Å². The van der Waals surface area contributed by atoms with Crippen LogP contribution >= 0.6 is 0 Å². The summed E-state index contributed by atoms with van der Waals surface area (Å²) in [7, 11) is 0. The Labute approximate surface area is 60.7 Å². The van der Waals surface area contributed by atoms with Crippen LogP contribution in [0.3, 0.4) is 0 Å². The van der Waals surface area contributed by atoms with Crippen molar-refractivity contribution in [2.45, 2.75) is 33.5 Å². The van der Waals surface area contributed by atoms with Crippen molar-refractivity contribution in [2.24, 2.45) is 5.41 Å². The largest absolute Gasteiger partial charge is 0.368 e. The van der Waals surface area contributed by atoms with Crippen molar-refractivity contribution in [3.05, 3.63) is 0 Å². The highest BCUT2D eigenvalue weighted by Crippen LogP contribution is 2.16. The number of aliphatic hydroxyl groups excluding tert-OH is 1. The summed E-state index contributed by atoms with van der Waals surface area (Å²) in [5, 5.41) is 16.8. The summed E-state index contributed by atoms with van der Waals surface area (Å²) in [5.74, 6) is -0.137. The van der Waals surface area contributed by atoms with Gasteiger partial charge in [-0.25, -0.2) is 0 Å². The summed E-state index contributed by atoms with van der Waals surface area (Å²) in [4.78, 5) is 11.0. The van der Waals surface area contributed by atoms with E-state index in [1.807, 2.05) is 0 Å². The van der Waals surface area contributed by atoms with Gasteiger partial charge in [-0.05, 0) is 0 Å². The zero-order valence-electron chi connectivity index (χ0n) is 6.59. The predicted molar refractivity (Wildman–Crippen MR) is 37.3 cm³/mol. The maximum Gasteiger partial charge on any atom is 0.158 e. The zero-order valence-corrected chi connectivity index (χ0v) is 6.59. The quantitative estimate of drug-likeness (QED) is 0.551. The molecular formula is C7H14O3. The molecule has 10 heavy (non-hydrogen) atoms. The maximum atomic E-state index is 11.0. The Balaban J connectivity index is 3.87. The number of rotatable bonds is 2. The molecular weight excluding hydrogens is 132 g/mol. The number of hydrogen-bond donors (Lipinski definition) is 2. The first-order chi connectivity index (χ1) is 4.34. The van der Waals surface area contributed by atoms with Gasteiger partial charge >= 0.3 is 0 Å². The first-order valence-electron chi connectivity index (χ1n) is 3.23. The van der Waals surface area contributed by atoms with Crippen molar-refractivity contribution in [1.29, 1.82) is 0 Å². The second-order valence-corrected chi connectivity index (χ2v) is 3.36. The minimum atomic E-state index is -1.51. The highest BCUT2D eigenvalue weighted by molar-refractivity contribution is 5.83. The summed E-state index contributed by atoms with van der Waals surface area (Å²) in [5.41, 5.74) is -0.469. The van der Waals surface area contributed by atoms with Crippen molar-refractivity contribution in [3.8, 4) is 0 Å². The van der Waals surface area contributed by atoms with E-state index in [1.165, 1.54) is 0 Å². The molecule has 0 unspecified atom stereocenters. The average Bonchev–Trinajstić information content (AvgIpc) is 1.60. The van der Waals surface area contributed by atoms with Crippen LogP contribution in [0, 0.1) is 5.41 Å². The van der Waals surface area contributed by atoms with E-state index in [0.717, 1.165) is 0 Å². The van der Waals surface area contributed by atoms with Crippen molar-refractivity contribution < 1.29 is 15.0 Å². The van der Waals surface area contributed by atoms with Gasteiger partial charge in [-0.15, -0.1) is 0 Å². The Morgan fingerprint density at radius 2 is 1.80 bits per heavy atom. The molecule has 0 atom stereocenters. The van der Waals surface area contributed by atoms with Gasteiger partial charge in [-0.2, -0.15) is 0 Å². The molecule has 0 fully saturated rings. The lowest BCUT2D eigenvalue weighted by atomic mass is 9.89. The molecule has 0 aromatic heterocycles. The van der Waals surface area contributed by atoms with Crippen LogP contribution in [0.5, 0.6) is 0 Å². The molecule has 60 valence electrons. The van der Waals surface area contributed by atoms with Gasteiger partial charge in [0.2, 0.25) is 0 Å². The van der Waals surface area contributed by atoms with E-state index >= 15 is 0 Å². The molecule has 0 aliphatic heterocycles. The first kappa shape index (κ1) is 9.59. The van der Waals surface area contributed by atoms with Crippen molar-refractivity contribution in [3.63, 3.8) is 0 Å². The topological polar surface area (TPSA) is 57.5 Å². The van der Waals surface area contributed by atoms with E-state index in [9.17, 15) is 4.79 Å². The first-order valence-corrected chi connectivity index (χ1v) is 3.23. The Morgan fingerprint density at radius 1 is 1.40 bits per heavy atom. The molecule has 0 amide bonds. The maximum absolute atomic E-state index is 11.0. The third kappa shape index (κ3) is 3.58. The van der Waals surface area contributed by atoms with Gasteiger partial charge in [0.15, 0.2) is 6.29 Å². The SMILES string of the molecule is CC(C)(C)C(=O)CC(O)O. The summed E-state index contributed by atoms with van der Waals surface area (Å²) < 4.78 is 0. The fourth-order valence-electron chi connectivity index (χ4n) is 0.472. The lowest BCUT2D eigenvalue weighted by molar-refractivity contribution is -0.134. The van der Waals surface area contributed by atoms with Gasteiger partial charge in [0, 0.05) is 5.41 Å². The lowest BCUT2D eigenvalue weighted by Gasteiger charge is -2.16. The van der Waals surface area contributed by atoms with Crippen LogP contribution in [0.25, 0.3) is 0 Å². The van der Waals surface area contributed by atoms with E-state index in [1.54, 1.807) is 20.8 Å². The van der Waals surface area contributed by atoms with Crippen LogP contribution in [0.15, 0.2) is 0 Å². The number of ketones is 1. The molecule has 0 saturated carbocycles. The molecule has 2 N–H and O–H groups in total. The summed E-state index contributed by atoms with van der Waals surface area (Å²) >= 11 is 0. The Morgan fingerprint density at radius 3 is 1.90 bits per heavy atom. The predicted octanol–water partition coefficient (Wildman–Crippen LogP) is 0.302. The average molecular weight is 146 g/mol. The van der Waals surface area contributed by atoms with Crippen LogP contribution in [-0.2, 0) is 4.79 Å². The standard InChI is InChI=1S/C7H14O3/c1-7(2,3)5(8)4-6(9)10/h6,9-10H,4H2,1-3H3. The van der Waals surface area contributed by atoms with Gasteiger partial charge in [-0.3, -0.25) is 4.79 Å². The van der Waals surface area contributed by atoms with Crippen LogP contribution in [0.1, 0.15) is 27.2 Å². The second kappa shape index (κ2) is 3.12. The normalized spacial score (nSPS) is 12.2. The molecule has 3 nitrogen and oxygen atoms in total. The molecule has 0 aliphatic rings. The minimum Gasteiger partial charge on any atom is -0.368 e. The summed E-state index contributed by atoms with van der Waals surface area (Å²) in [6, 6.07) is 0. The van der Waals surface area contributed by atoms with Crippen LogP contribution in [0.4, 0.5) is 0 Å². The lowest BCUT2D eigenvalue weighted by Crippen LogP contribution is -2.24. The van der Waals surface area contributed by atoms with E-state index in [4.69, 9.17) is 10.2 Å². The summed E-state index contributed by atoms with van der Waals surface area (Å²) in [6.07, 6.45) is -1.68. The van der Waals surface area contributed by atoms with Crippen molar-refractivity contribution >= 4 is 5.78 Å². The van der Waals surface area contributed by atoms with Gasteiger partial charge in [-0.1, -0.05) is 20.8 Å². The smallest absolute Gasteiger partial charge is 0.158 e. The fourth-order valence-corrected chi connectivity index (χ4v) is 0.472. The van der Waals surface area contributed by atoms with Gasteiger partial charge < -0.3 is 10.2 Å². The van der Waals surface area contributed by atoms with E-state index in [2.05, 4.69) is 0 Å². The number of carbonyl (C=O) groups is 1. The number of aliphatic hydroxyl groups is 2. The number of Topliss-reactive ketones (excluding diaryl/α,β-unsaturated/α-hetero) is 1. The highest BCUT2D eigenvalue weighted by Gasteiger charge is 2.22. The molecule has 0 rings (SSSR count). The molecule has 0 aromatic rings. The molecule has 0 heterocycles. The number of carbonyl (C=O) groups excluding carboxylic acids is 1. The Hall–Kier alpha value is -0.410. The molecule has 3 heteroatoms. The monoisotopic (exact) mass is 146 g/mol.